The molecule has 1 aromatic heterocycles. The normalized spacial score (nSPS) is 20.6. The van der Waals surface area contributed by atoms with Crippen molar-refractivity contribution >= 4 is 11.8 Å². The molecule has 6 nitrogen and oxygen atoms in total. The summed E-state index contributed by atoms with van der Waals surface area (Å²) in [7, 11) is 2.09. The molecule has 124 valence electrons. The van der Waals surface area contributed by atoms with Gasteiger partial charge in [-0.1, -0.05) is 0 Å². The molecule has 2 aliphatic heterocycles. The molecule has 0 atom stereocenters. The fraction of sp³-hybridized carbons (Fsp3) is 0.588. The van der Waals surface area contributed by atoms with Crippen molar-refractivity contribution < 1.29 is 9.59 Å². The van der Waals surface area contributed by atoms with Crippen LogP contribution >= 0.6 is 0 Å². The molecule has 0 spiro atoms. The number of carbonyl (C=O) groups excluding carboxylic acids is 2. The first-order valence-electron chi connectivity index (χ1n) is 8.32. The van der Waals surface area contributed by atoms with Crippen LogP contribution < -0.4 is 0 Å². The van der Waals surface area contributed by atoms with Gasteiger partial charge in [-0.2, -0.15) is 0 Å². The van der Waals surface area contributed by atoms with Crippen LogP contribution in [0.5, 0.6) is 0 Å². The van der Waals surface area contributed by atoms with Crippen molar-refractivity contribution in [2.24, 2.45) is 5.92 Å². The summed E-state index contributed by atoms with van der Waals surface area (Å²) in [5.41, 5.74) is 0.622. The number of piperidine rings is 1. The maximum atomic E-state index is 12.6. The third-order valence-electron chi connectivity index (χ3n) is 4.85. The van der Waals surface area contributed by atoms with Gasteiger partial charge in [0.25, 0.3) is 5.91 Å². The maximum absolute atomic E-state index is 12.6. The Bertz CT molecular complexity index is 547. The van der Waals surface area contributed by atoms with E-state index in [4.69, 9.17) is 0 Å². The molecule has 2 fully saturated rings. The Morgan fingerprint density at radius 1 is 1.04 bits per heavy atom. The van der Waals surface area contributed by atoms with Gasteiger partial charge in [0.15, 0.2) is 0 Å². The summed E-state index contributed by atoms with van der Waals surface area (Å²) >= 11 is 0. The monoisotopic (exact) mass is 316 g/mol. The summed E-state index contributed by atoms with van der Waals surface area (Å²) in [5, 5.41) is 0. The van der Waals surface area contributed by atoms with E-state index in [1.54, 1.807) is 24.5 Å². The van der Waals surface area contributed by atoms with Crippen LogP contribution in [0.15, 0.2) is 24.5 Å². The molecule has 0 unspecified atom stereocenters. The lowest BCUT2D eigenvalue weighted by molar-refractivity contribution is -0.138. The molecule has 23 heavy (non-hydrogen) atoms. The number of likely N-dealkylation sites (N-methyl/N-ethyl adjacent to an activating group) is 1. The highest BCUT2D eigenvalue weighted by atomic mass is 16.2. The molecule has 0 radical (unpaired) electrons. The van der Waals surface area contributed by atoms with E-state index in [2.05, 4.69) is 16.9 Å². The molecule has 0 N–H and O–H groups in total. The molecule has 2 aliphatic rings. The van der Waals surface area contributed by atoms with Crippen LogP contribution in [0.4, 0.5) is 0 Å². The number of likely N-dealkylation sites (tertiary alicyclic amines) is 1. The number of piperazine rings is 1. The minimum Gasteiger partial charge on any atom is -0.340 e. The second-order valence-electron chi connectivity index (χ2n) is 6.44. The van der Waals surface area contributed by atoms with Crippen LogP contribution in [0.1, 0.15) is 23.2 Å². The number of aromatic nitrogens is 1. The van der Waals surface area contributed by atoms with Gasteiger partial charge in [0.05, 0.1) is 5.56 Å². The minimum absolute atomic E-state index is 0.0172. The van der Waals surface area contributed by atoms with Gasteiger partial charge in [-0.05, 0) is 32.0 Å². The summed E-state index contributed by atoms with van der Waals surface area (Å²) in [6.07, 6.45) is 4.79. The second-order valence-corrected chi connectivity index (χ2v) is 6.44. The first kappa shape index (κ1) is 15.9. The molecule has 1 aromatic rings. The Kier molecular flexibility index (Phi) is 4.91. The van der Waals surface area contributed by atoms with Crippen molar-refractivity contribution in [3.05, 3.63) is 30.1 Å². The van der Waals surface area contributed by atoms with E-state index in [0.717, 1.165) is 39.0 Å². The van der Waals surface area contributed by atoms with Gasteiger partial charge in [-0.15, -0.1) is 0 Å². The van der Waals surface area contributed by atoms with E-state index < -0.39 is 0 Å². The average Bonchev–Trinajstić information content (AvgIpc) is 2.62. The smallest absolute Gasteiger partial charge is 0.255 e. The number of hydrogen-bond donors (Lipinski definition) is 0. The zero-order chi connectivity index (χ0) is 16.2. The first-order chi connectivity index (χ1) is 11.1. The zero-order valence-corrected chi connectivity index (χ0v) is 13.6. The summed E-state index contributed by atoms with van der Waals surface area (Å²) in [6.45, 7) is 4.85. The van der Waals surface area contributed by atoms with Crippen molar-refractivity contribution in [2.45, 2.75) is 12.8 Å². The highest BCUT2D eigenvalue weighted by Gasteiger charge is 2.31. The highest BCUT2D eigenvalue weighted by molar-refractivity contribution is 5.94. The molecular weight excluding hydrogens is 292 g/mol. The lowest BCUT2D eigenvalue weighted by Crippen LogP contribution is -2.51. The van der Waals surface area contributed by atoms with Crippen molar-refractivity contribution in [2.75, 3.05) is 46.3 Å². The van der Waals surface area contributed by atoms with Gasteiger partial charge in [-0.25, -0.2) is 0 Å². The Labute approximate surface area is 137 Å². The Morgan fingerprint density at radius 2 is 1.74 bits per heavy atom. The number of pyridine rings is 1. The van der Waals surface area contributed by atoms with Crippen LogP contribution in [0.3, 0.4) is 0 Å². The molecule has 3 rings (SSSR count). The topological polar surface area (TPSA) is 56.8 Å². The SMILES string of the molecule is CN1CCN(C(=O)C2CCN(C(=O)c3cccnc3)CC2)CC1. The fourth-order valence-corrected chi connectivity index (χ4v) is 3.29. The predicted octanol–water partition coefficient (Wildman–Crippen LogP) is 0.708. The van der Waals surface area contributed by atoms with Gasteiger partial charge < -0.3 is 14.7 Å². The molecule has 2 saturated heterocycles. The van der Waals surface area contributed by atoms with Gasteiger partial charge in [0, 0.05) is 57.6 Å². The average molecular weight is 316 g/mol. The van der Waals surface area contributed by atoms with Crippen molar-refractivity contribution in [3.8, 4) is 0 Å². The van der Waals surface area contributed by atoms with Gasteiger partial charge in [-0.3, -0.25) is 14.6 Å². The Morgan fingerprint density at radius 3 is 2.35 bits per heavy atom. The van der Waals surface area contributed by atoms with Crippen LogP contribution in [-0.4, -0.2) is 77.8 Å². The van der Waals surface area contributed by atoms with Crippen LogP contribution in [-0.2, 0) is 4.79 Å². The largest absolute Gasteiger partial charge is 0.340 e. The first-order valence-corrected chi connectivity index (χ1v) is 8.32. The summed E-state index contributed by atoms with van der Waals surface area (Å²) in [6, 6.07) is 3.56. The van der Waals surface area contributed by atoms with E-state index in [1.165, 1.54) is 0 Å². The predicted molar refractivity (Wildman–Crippen MR) is 86.9 cm³/mol. The third kappa shape index (κ3) is 3.69. The van der Waals surface area contributed by atoms with E-state index >= 15 is 0 Å². The summed E-state index contributed by atoms with van der Waals surface area (Å²) < 4.78 is 0. The summed E-state index contributed by atoms with van der Waals surface area (Å²) in [4.78, 5) is 35.1. The summed E-state index contributed by atoms with van der Waals surface area (Å²) in [5.74, 6) is 0.353. The van der Waals surface area contributed by atoms with Crippen molar-refractivity contribution in [1.29, 1.82) is 0 Å². The quantitative estimate of drug-likeness (QED) is 0.806. The van der Waals surface area contributed by atoms with Crippen LogP contribution in [0.25, 0.3) is 0 Å². The lowest BCUT2D eigenvalue weighted by Gasteiger charge is -2.37. The van der Waals surface area contributed by atoms with E-state index in [9.17, 15) is 9.59 Å². The van der Waals surface area contributed by atoms with Crippen molar-refractivity contribution in [3.63, 3.8) is 0 Å². The third-order valence-corrected chi connectivity index (χ3v) is 4.85. The number of carbonyl (C=O) groups is 2. The molecular formula is C17H24N4O2. The standard InChI is InChI=1S/C17H24N4O2/c1-19-9-11-21(12-10-19)16(22)14-4-7-20(8-5-14)17(23)15-3-2-6-18-13-15/h2-3,6,13-14H,4-5,7-12H2,1H3. The van der Waals surface area contributed by atoms with Crippen LogP contribution in [0.2, 0.25) is 0 Å². The van der Waals surface area contributed by atoms with Gasteiger partial charge in [0.1, 0.15) is 0 Å². The molecule has 0 bridgehead atoms. The molecule has 0 aromatic carbocycles. The minimum atomic E-state index is 0.0172. The number of hydrogen-bond acceptors (Lipinski definition) is 4. The molecule has 3 heterocycles. The van der Waals surface area contributed by atoms with Gasteiger partial charge in [0.2, 0.25) is 5.91 Å². The number of nitrogens with zero attached hydrogens (tertiary/aromatic N) is 4. The van der Waals surface area contributed by atoms with Crippen molar-refractivity contribution in [1.82, 2.24) is 19.7 Å². The van der Waals surface area contributed by atoms with Crippen LogP contribution in [0, 0.1) is 5.92 Å². The lowest BCUT2D eigenvalue weighted by atomic mass is 9.94. The highest BCUT2D eigenvalue weighted by Crippen LogP contribution is 2.21. The van der Waals surface area contributed by atoms with E-state index in [-0.39, 0.29) is 17.7 Å². The fourth-order valence-electron chi connectivity index (χ4n) is 3.29. The molecule has 0 saturated carbocycles. The maximum Gasteiger partial charge on any atom is 0.255 e. The second kappa shape index (κ2) is 7.08. The molecule has 0 aliphatic carbocycles. The number of amides is 2. The molecule has 2 amide bonds. The molecule has 6 heteroatoms. The Balaban J connectivity index is 1.52. The number of rotatable bonds is 2. The van der Waals surface area contributed by atoms with Gasteiger partial charge >= 0.3 is 0 Å². The zero-order valence-electron chi connectivity index (χ0n) is 13.6. The van der Waals surface area contributed by atoms with E-state index in [0.29, 0.717) is 18.7 Å². The Hall–Kier alpha value is -1.95. The van der Waals surface area contributed by atoms with E-state index in [1.807, 2.05) is 9.80 Å².